The van der Waals surface area contributed by atoms with E-state index in [0.29, 0.717) is 11.3 Å². The van der Waals surface area contributed by atoms with Gasteiger partial charge in [-0.2, -0.15) is 0 Å². The first kappa shape index (κ1) is 16.3. The molecule has 0 saturated heterocycles. The average Bonchev–Trinajstić information content (AvgIpc) is 2.43. The molecular formula is C14H12ClFN2O3S. The molecule has 8 heteroatoms. The number of primary amides is 1. The number of carbonyl (C=O) groups excluding carboxylic acids is 1. The highest BCUT2D eigenvalue weighted by Crippen LogP contribution is 2.22. The van der Waals surface area contributed by atoms with Crippen LogP contribution >= 0.6 is 11.6 Å². The van der Waals surface area contributed by atoms with Crippen LogP contribution in [0.4, 0.5) is 10.1 Å². The molecule has 0 aliphatic heterocycles. The van der Waals surface area contributed by atoms with Crippen molar-refractivity contribution < 1.29 is 17.6 Å². The summed E-state index contributed by atoms with van der Waals surface area (Å²) in [5.41, 5.74) is 6.04. The van der Waals surface area contributed by atoms with Gasteiger partial charge in [0, 0.05) is 5.69 Å². The molecule has 0 heterocycles. The van der Waals surface area contributed by atoms with Crippen molar-refractivity contribution in [3.05, 3.63) is 58.9 Å². The smallest absolute Gasteiger partial charge is 0.261 e. The van der Waals surface area contributed by atoms with Crippen LogP contribution in [-0.2, 0) is 21.2 Å². The third-order valence-corrected chi connectivity index (χ3v) is 4.45. The van der Waals surface area contributed by atoms with Crippen molar-refractivity contribution in [3.8, 4) is 0 Å². The summed E-state index contributed by atoms with van der Waals surface area (Å²) in [7, 11) is -3.88. The van der Waals surface area contributed by atoms with Crippen LogP contribution in [0.5, 0.6) is 0 Å². The SMILES string of the molecule is NC(=O)Cc1ccc(NS(=O)(=O)c2ccc(F)c(Cl)c2)cc1. The molecule has 0 fully saturated rings. The van der Waals surface area contributed by atoms with Gasteiger partial charge in [0.2, 0.25) is 5.91 Å². The lowest BCUT2D eigenvalue weighted by molar-refractivity contribution is -0.117. The van der Waals surface area contributed by atoms with Gasteiger partial charge in [-0.05, 0) is 35.9 Å². The summed E-state index contributed by atoms with van der Waals surface area (Å²) in [6.45, 7) is 0. The molecule has 0 radical (unpaired) electrons. The molecule has 116 valence electrons. The maximum absolute atomic E-state index is 13.1. The first-order valence-electron chi connectivity index (χ1n) is 6.13. The summed E-state index contributed by atoms with van der Waals surface area (Å²) in [5.74, 6) is -1.18. The molecule has 2 rings (SSSR count). The summed E-state index contributed by atoms with van der Waals surface area (Å²) in [4.78, 5) is 10.6. The van der Waals surface area contributed by atoms with E-state index in [9.17, 15) is 17.6 Å². The minimum Gasteiger partial charge on any atom is -0.369 e. The second-order valence-corrected chi connectivity index (χ2v) is 6.61. The van der Waals surface area contributed by atoms with E-state index in [1.807, 2.05) is 0 Å². The monoisotopic (exact) mass is 342 g/mol. The van der Waals surface area contributed by atoms with Gasteiger partial charge in [0.25, 0.3) is 10.0 Å². The fraction of sp³-hybridized carbons (Fsp3) is 0.0714. The normalized spacial score (nSPS) is 11.2. The van der Waals surface area contributed by atoms with Crippen LogP contribution in [0.2, 0.25) is 5.02 Å². The van der Waals surface area contributed by atoms with Gasteiger partial charge in [-0.1, -0.05) is 23.7 Å². The third kappa shape index (κ3) is 3.96. The van der Waals surface area contributed by atoms with E-state index in [1.165, 1.54) is 12.1 Å². The molecular weight excluding hydrogens is 331 g/mol. The summed E-state index contributed by atoms with van der Waals surface area (Å²) < 4.78 is 39.7. The number of anilines is 1. The number of nitrogens with one attached hydrogen (secondary N) is 1. The fourth-order valence-corrected chi connectivity index (χ4v) is 3.08. The Bertz CT molecular complexity index is 807. The van der Waals surface area contributed by atoms with Crippen LogP contribution in [0, 0.1) is 5.82 Å². The Hall–Kier alpha value is -2.12. The number of benzene rings is 2. The lowest BCUT2D eigenvalue weighted by Crippen LogP contribution is -2.14. The predicted molar refractivity (Wildman–Crippen MR) is 81.6 cm³/mol. The van der Waals surface area contributed by atoms with Crippen molar-refractivity contribution in [2.75, 3.05) is 4.72 Å². The van der Waals surface area contributed by atoms with Crippen molar-refractivity contribution in [1.82, 2.24) is 0 Å². The predicted octanol–water partition coefficient (Wildman–Crippen LogP) is 2.31. The number of hydrogen-bond donors (Lipinski definition) is 2. The van der Waals surface area contributed by atoms with Gasteiger partial charge in [0.1, 0.15) is 5.82 Å². The zero-order valence-electron chi connectivity index (χ0n) is 11.2. The summed E-state index contributed by atoms with van der Waals surface area (Å²) >= 11 is 5.58. The average molecular weight is 343 g/mol. The van der Waals surface area contributed by atoms with E-state index in [-0.39, 0.29) is 16.3 Å². The zero-order chi connectivity index (χ0) is 16.3. The Morgan fingerprint density at radius 2 is 1.82 bits per heavy atom. The second-order valence-electron chi connectivity index (χ2n) is 4.52. The van der Waals surface area contributed by atoms with E-state index in [1.54, 1.807) is 12.1 Å². The highest BCUT2D eigenvalue weighted by atomic mass is 35.5. The molecule has 3 N–H and O–H groups in total. The molecule has 5 nitrogen and oxygen atoms in total. The van der Waals surface area contributed by atoms with E-state index in [0.717, 1.165) is 18.2 Å². The molecule has 0 saturated carbocycles. The van der Waals surface area contributed by atoms with Gasteiger partial charge >= 0.3 is 0 Å². The Kier molecular flexibility index (Phi) is 4.68. The summed E-state index contributed by atoms with van der Waals surface area (Å²) in [5, 5.41) is -0.278. The largest absolute Gasteiger partial charge is 0.369 e. The van der Waals surface area contributed by atoms with Crippen LogP contribution in [0.25, 0.3) is 0 Å². The number of rotatable bonds is 5. The van der Waals surface area contributed by atoms with Crippen molar-refractivity contribution in [3.63, 3.8) is 0 Å². The molecule has 22 heavy (non-hydrogen) atoms. The molecule has 0 spiro atoms. The van der Waals surface area contributed by atoms with E-state index in [2.05, 4.69) is 4.72 Å². The van der Waals surface area contributed by atoms with Crippen molar-refractivity contribution in [1.29, 1.82) is 0 Å². The number of amides is 1. The molecule has 0 unspecified atom stereocenters. The molecule has 2 aromatic carbocycles. The fourth-order valence-electron chi connectivity index (χ4n) is 1.75. The molecule has 0 aromatic heterocycles. The van der Waals surface area contributed by atoms with E-state index >= 15 is 0 Å². The second kappa shape index (κ2) is 6.33. The zero-order valence-corrected chi connectivity index (χ0v) is 12.8. The van der Waals surface area contributed by atoms with Gasteiger partial charge < -0.3 is 5.73 Å². The Balaban J connectivity index is 2.21. The van der Waals surface area contributed by atoms with Gasteiger partial charge in [-0.25, -0.2) is 12.8 Å². The minimum absolute atomic E-state index is 0.0700. The highest BCUT2D eigenvalue weighted by molar-refractivity contribution is 7.92. The first-order chi connectivity index (χ1) is 10.3. The van der Waals surface area contributed by atoms with E-state index in [4.69, 9.17) is 17.3 Å². The van der Waals surface area contributed by atoms with Gasteiger partial charge in [-0.3, -0.25) is 9.52 Å². The lowest BCUT2D eigenvalue weighted by atomic mass is 10.1. The standard InChI is InChI=1S/C14H12ClFN2O3S/c15-12-8-11(5-6-13(12)16)22(20,21)18-10-3-1-9(2-4-10)7-14(17)19/h1-6,8,18H,7H2,(H2,17,19). The van der Waals surface area contributed by atoms with Crippen LogP contribution < -0.4 is 10.5 Å². The molecule has 0 bridgehead atoms. The quantitative estimate of drug-likeness (QED) is 0.873. The lowest BCUT2D eigenvalue weighted by Gasteiger charge is -2.09. The van der Waals surface area contributed by atoms with Gasteiger partial charge in [0.15, 0.2) is 0 Å². The Morgan fingerprint density at radius 3 is 2.36 bits per heavy atom. The number of sulfonamides is 1. The van der Waals surface area contributed by atoms with Gasteiger partial charge in [-0.15, -0.1) is 0 Å². The molecule has 0 atom stereocenters. The number of hydrogen-bond acceptors (Lipinski definition) is 3. The molecule has 1 amide bonds. The summed E-state index contributed by atoms with van der Waals surface area (Å²) in [6.07, 6.45) is 0.0700. The van der Waals surface area contributed by atoms with Crippen LogP contribution in [0.3, 0.4) is 0 Å². The number of nitrogens with two attached hydrogens (primary N) is 1. The molecule has 0 aliphatic rings. The first-order valence-corrected chi connectivity index (χ1v) is 7.99. The van der Waals surface area contributed by atoms with Crippen LogP contribution in [-0.4, -0.2) is 14.3 Å². The maximum atomic E-state index is 13.1. The van der Waals surface area contributed by atoms with Crippen molar-refractivity contribution in [2.45, 2.75) is 11.3 Å². The van der Waals surface area contributed by atoms with Crippen LogP contribution in [0.15, 0.2) is 47.4 Å². The molecule has 0 aliphatic carbocycles. The van der Waals surface area contributed by atoms with Crippen molar-refractivity contribution in [2.24, 2.45) is 5.73 Å². The molecule has 2 aromatic rings. The minimum atomic E-state index is -3.88. The Labute approximate surface area is 131 Å². The Morgan fingerprint density at radius 1 is 1.18 bits per heavy atom. The van der Waals surface area contributed by atoms with Crippen molar-refractivity contribution >= 4 is 33.2 Å². The van der Waals surface area contributed by atoms with E-state index < -0.39 is 21.7 Å². The topological polar surface area (TPSA) is 89.3 Å². The van der Waals surface area contributed by atoms with Gasteiger partial charge in [0.05, 0.1) is 16.3 Å². The third-order valence-electron chi connectivity index (χ3n) is 2.79. The number of halogens is 2. The number of carbonyl (C=O) groups is 1. The summed E-state index contributed by atoms with van der Waals surface area (Å²) in [6, 6.07) is 9.29. The highest BCUT2D eigenvalue weighted by Gasteiger charge is 2.16. The van der Waals surface area contributed by atoms with Crippen LogP contribution in [0.1, 0.15) is 5.56 Å². The maximum Gasteiger partial charge on any atom is 0.261 e.